The summed E-state index contributed by atoms with van der Waals surface area (Å²) >= 11 is 0. The third-order valence-electron chi connectivity index (χ3n) is 5.02. The number of imide groups is 2. The zero-order chi connectivity index (χ0) is 26.0. The molecule has 3 aromatic rings. The zero-order valence-corrected chi connectivity index (χ0v) is 18.0. The van der Waals surface area contributed by atoms with Crippen molar-refractivity contribution >= 4 is 35.3 Å². The highest BCUT2D eigenvalue weighted by molar-refractivity contribution is 6.39. The van der Waals surface area contributed by atoms with E-state index in [1.807, 2.05) is 0 Å². The number of nitro groups is 1. The summed E-state index contributed by atoms with van der Waals surface area (Å²) in [7, 11) is 0. The van der Waals surface area contributed by atoms with Crippen LogP contribution in [0.15, 0.2) is 78.4 Å². The predicted molar refractivity (Wildman–Crippen MR) is 120 cm³/mol. The van der Waals surface area contributed by atoms with Crippen LogP contribution in [0.3, 0.4) is 0 Å². The summed E-state index contributed by atoms with van der Waals surface area (Å²) in [4.78, 5) is 48.4. The third-order valence-corrected chi connectivity index (χ3v) is 5.02. The molecular weight excluding hydrogens is 483 g/mol. The number of amides is 4. The fourth-order valence-electron chi connectivity index (χ4n) is 3.32. The van der Waals surface area contributed by atoms with Crippen molar-refractivity contribution in [3.63, 3.8) is 0 Å². The lowest BCUT2D eigenvalue weighted by molar-refractivity contribution is -0.385. The molecule has 1 heterocycles. The standard InChI is InChI=1S/C24H14F3N3O6/c25-24(26,27)15-8-11-20(19(13-15)30(34)35)36-17-9-6-14(7-10-17)12-18-21(31)28-23(33)29(22(18)32)16-4-2-1-3-5-16/h1-13H,(H,28,31,33)/b18-12+. The first kappa shape index (κ1) is 24.1. The number of urea groups is 1. The Hall–Kier alpha value is -5.00. The lowest BCUT2D eigenvalue weighted by Crippen LogP contribution is -2.54. The Labute approximate surface area is 200 Å². The van der Waals surface area contributed by atoms with E-state index in [2.05, 4.69) is 5.32 Å². The number of para-hydroxylation sites is 1. The van der Waals surface area contributed by atoms with Crippen molar-refractivity contribution in [1.82, 2.24) is 5.32 Å². The lowest BCUT2D eigenvalue weighted by Gasteiger charge is -2.26. The molecule has 0 atom stereocenters. The van der Waals surface area contributed by atoms with Gasteiger partial charge in [0.05, 0.1) is 16.2 Å². The summed E-state index contributed by atoms with van der Waals surface area (Å²) in [5, 5.41) is 13.3. The average molecular weight is 497 g/mol. The summed E-state index contributed by atoms with van der Waals surface area (Å²) in [6.07, 6.45) is -3.52. The average Bonchev–Trinajstić information content (AvgIpc) is 2.83. The van der Waals surface area contributed by atoms with Crippen molar-refractivity contribution in [1.29, 1.82) is 0 Å². The summed E-state index contributed by atoms with van der Waals surface area (Å²) < 4.78 is 44.0. The largest absolute Gasteiger partial charge is 0.450 e. The monoisotopic (exact) mass is 497 g/mol. The van der Waals surface area contributed by atoms with E-state index in [9.17, 15) is 37.7 Å². The van der Waals surface area contributed by atoms with Crippen LogP contribution in [0.2, 0.25) is 0 Å². The highest BCUT2D eigenvalue weighted by Gasteiger charge is 2.37. The van der Waals surface area contributed by atoms with E-state index >= 15 is 0 Å². The van der Waals surface area contributed by atoms with Gasteiger partial charge in [0.15, 0.2) is 0 Å². The van der Waals surface area contributed by atoms with Crippen LogP contribution in [0, 0.1) is 10.1 Å². The number of benzene rings is 3. The van der Waals surface area contributed by atoms with Gasteiger partial charge in [0.25, 0.3) is 11.8 Å². The summed E-state index contributed by atoms with van der Waals surface area (Å²) in [5.41, 5.74) is -1.76. The second-order valence-electron chi connectivity index (χ2n) is 7.40. The molecular formula is C24H14F3N3O6. The zero-order valence-electron chi connectivity index (χ0n) is 18.0. The number of nitrogens with zero attached hydrogens (tertiary/aromatic N) is 2. The molecule has 9 nitrogen and oxygen atoms in total. The van der Waals surface area contributed by atoms with Gasteiger partial charge in [-0.15, -0.1) is 0 Å². The van der Waals surface area contributed by atoms with E-state index in [1.165, 1.54) is 42.5 Å². The topological polar surface area (TPSA) is 119 Å². The maximum absolute atomic E-state index is 12.9. The third kappa shape index (κ3) is 4.92. The first-order valence-electron chi connectivity index (χ1n) is 10.1. The van der Waals surface area contributed by atoms with Crippen LogP contribution >= 0.6 is 0 Å². The summed E-state index contributed by atoms with van der Waals surface area (Å²) in [6.45, 7) is 0. The Morgan fingerprint density at radius 2 is 1.61 bits per heavy atom. The molecule has 1 aliphatic heterocycles. The normalized spacial score (nSPS) is 15.1. The highest BCUT2D eigenvalue weighted by Crippen LogP contribution is 2.38. The minimum Gasteiger partial charge on any atom is -0.450 e. The van der Waals surface area contributed by atoms with Gasteiger partial charge in [0.1, 0.15) is 11.3 Å². The van der Waals surface area contributed by atoms with Gasteiger partial charge in [-0.1, -0.05) is 30.3 Å². The number of barbiturate groups is 1. The maximum Gasteiger partial charge on any atom is 0.416 e. The van der Waals surface area contributed by atoms with Gasteiger partial charge >= 0.3 is 17.9 Å². The molecule has 0 aromatic heterocycles. The number of hydrogen-bond acceptors (Lipinski definition) is 6. The van der Waals surface area contributed by atoms with E-state index in [-0.39, 0.29) is 17.0 Å². The highest BCUT2D eigenvalue weighted by atomic mass is 19.4. The molecule has 36 heavy (non-hydrogen) atoms. The van der Waals surface area contributed by atoms with Gasteiger partial charge in [0.2, 0.25) is 5.75 Å². The molecule has 0 bridgehead atoms. The molecule has 4 amide bonds. The van der Waals surface area contributed by atoms with Gasteiger partial charge in [-0.25, -0.2) is 9.69 Å². The molecule has 0 radical (unpaired) electrons. The molecule has 0 unspecified atom stereocenters. The smallest absolute Gasteiger partial charge is 0.416 e. The van der Waals surface area contributed by atoms with Gasteiger partial charge < -0.3 is 4.74 Å². The molecule has 4 rings (SSSR count). The van der Waals surface area contributed by atoms with Crippen LogP contribution < -0.4 is 15.0 Å². The van der Waals surface area contributed by atoms with Gasteiger partial charge in [-0.05, 0) is 48.0 Å². The van der Waals surface area contributed by atoms with Gasteiger partial charge in [-0.2, -0.15) is 13.2 Å². The molecule has 0 spiro atoms. The van der Waals surface area contributed by atoms with Crippen LogP contribution in [0.25, 0.3) is 6.08 Å². The number of nitro benzene ring substituents is 1. The number of carbonyl (C=O) groups excluding carboxylic acids is 3. The summed E-state index contributed by atoms with van der Waals surface area (Å²) in [6, 6.07) is 14.5. The fraction of sp³-hybridized carbons (Fsp3) is 0.0417. The van der Waals surface area contributed by atoms with Crippen LogP contribution in [-0.4, -0.2) is 22.8 Å². The maximum atomic E-state index is 12.9. The van der Waals surface area contributed by atoms with Crippen molar-refractivity contribution in [3.8, 4) is 11.5 Å². The first-order chi connectivity index (χ1) is 17.0. The Kier molecular flexibility index (Phi) is 6.26. The van der Waals surface area contributed by atoms with Crippen molar-refractivity contribution in [2.24, 2.45) is 0 Å². The van der Waals surface area contributed by atoms with Crippen LogP contribution in [0.4, 0.5) is 29.3 Å². The van der Waals surface area contributed by atoms with Crippen LogP contribution in [-0.2, 0) is 15.8 Å². The van der Waals surface area contributed by atoms with E-state index < -0.39 is 45.9 Å². The molecule has 12 heteroatoms. The molecule has 1 aliphatic rings. The SMILES string of the molecule is O=C1NC(=O)N(c2ccccc2)C(=O)/C1=C/c1ccc(Oc2ccc(C(F)(F)F)cc2[N+](=O)[O-])cc1. The van der Waals surface area contributed by atoms with E-state index in [4.69, 9.17) is 4.74 Å². The van der Waals surface area contributed by atoms with Crippen molar-refractivity contribution < 1.29 is 37.2 Å². The number of halogens is 3. The van der Waals surface area contributed by atoms with E-state index in [1.54, 1.807) is 18.2 Å². The quantitative estimate of drug-likeness (QED) is 0.228. The predicted octanol–water partition coefficient (Wildman–Crippen LogP) is 5.07. The minimum absolute atomic E-state index is 0.0560. The Bertz CT molecular complexity index is 1400. The van der Waals surface area contributed by atoms with E-state index in [0.717, 1.165) is 11.0 Å². The van der Waals surface area contributed by atoms with E-state index in [0.29, 0.717) is 17.7 Å². The van der Waals surface area contributed by atoms with Crippen molar-refractivity contribution in [2.45, 2.75) is 6.18 Å². The van der Waals surface area contributed by atoms with Crippen LogP contribution in [0.5, 0.6) is 11.5 Å². The molecule has 0 saturated carbocycles. The Morgan fingerprint density at radius 3 is 2.22 bits per heavy atom. The number of alkyl halides is 3. The number of rotatable bonds is 5. The fourth-order valence-corrected chi connectivity index (χ4v) is 3.32. The first-order valence-corrected chi connectivity index (χ1v) is 10.1. The molecule has 1 fully saturated rings. The molecule has 182 valence electrons. The molecule has 0 aliphatic carbocycles. The second-order valence-corrected chi connectivity index (χ2v) is 7.40. The number of carbonyl (C=O) groups is 3. The minimum atomic E-state index is -4.76. The number of hydrogen-bond donors (Lipinski definition) is 1. The van der Waals surface area contributed by atoms with Crippen LogP contribution in [0.1, 0.15) is 11.1 Å². The summed E-state index contributed by atoms with van der Waals surface area (Å²) in [5.74, 6) is -2.08. The van der Waals surface area contributed by atoms with Crippen molar-refractivity contribution in [2.75, 3.05) is 4.90 Å². The molecule has 3 aromatic carbocycles. The Balaban J connectivity index is 1.58. The Morgan fingerprint density at radius 1 is 0.944 bits per heavy atom. The number of nitrogens with one attached hydrogen (secondary N) is 1. The second kappa shape index (κ2) is 9.33. The lowest BCUT2D eigenvalue weighted by atomic mass is 10.1. The van der Waals surface area contributed by atoms with Crippen molar-refractivity contribution in [3.05, 3.63) is 99.6 Å². The molecule has 1 saturated heterocycles. The van der Waals surface area contributed by atoms with Gasteiger partial charge in [-0.3, -0.25) is 25.0 Å². The molecule has 1 N–H and O–H groups in total. The van der Waals surface area contributed by atoms with Gasteiger partial charge in [0, 0.05) is 6.07 Å². The number of anilines is 1. The number of ether oxygens (including phenoxy) is 1.